The smallest absolute Gasteiger partial charge is 0.334 e. The summed E-state index contributed by atoms with van der Waals surface area (Å²) in [4.78, 5) is 16.6. The Morgan fingerprint density at radius 3 is 2.95 bits per heavy atom. The molecule has 4 nitrogen and oxygen atoms in total. The summed E-state index contributed by atoms with van der Waals surface area (Å²) in [5.74, 6) is -0.0397. The van der Waals surface area contributed by atoms with Gasteiger partial charge in [0, 0.05) is 17.4 Å². The zero-order valence-corrected chi connectivity index (χ0v) is 11.1. The van der Waals surface area contributed by atoms with Crippen molar-refractivity contribution >= 4 is 5.97 Å². The summed E-state index contributed by atoms with van der Waals surface area (Å²) in [6.45, 7) is 7.93. The van der Waals surface area contributed by atoms with Gasteiger partial charge in [0.05, 0.1) is 0 Å². The van der Waals surface area contributed by atoms with Crippen molar-refractivity contribution in [3.8, 4) is 0 Å². The fraction of sp³-hybridized carbons (Fsp3) is 0.533. The second-order valence-corrected chi connectivity index (χ2v) is 5.76. The predicted octanol–water partition coefficient (Wildman–Crippen LogP) is 2.48. The fourth-order valence-corrected chi connectivity index (χ4v) is 3.76. The molecule has 0 amide bonds. The van der Waals surface area contributed by atoms with Crippen LogP contribution in [0.15, 0.2) is 35.5 Å². The number of rotatable bonds is 2. The number of carbonyl (C=O) groups is 1. The number of ether oxygens (including phenoxy) is 1. The zero-order chi connectivity index (χ0) is 13.7. The van der Waals surface area contributed by atoms with Gasteiger partial charge in [-0.25, -0.2) is 9.68 Å². The van der Waals surface area contributed by atoms with Gasteiger partial charge in [-0.2, -0.15) is 0 Å². The molecule has 4 heteroatoms. The van der Waals surface area contributed by atoms with Crippen molar-refractivity contribution in [2.75, 3.05) is 0 Å². The Kier molecular flexibility index (Phi) is 2.87. The van der Waals surface area contributed by atoms with E-state index >= 15 is 0 Å². The third kappa shape index (κ3) is 1.70. The highest BCUT2D eigenvalue weighted by atomic mass is 17.1. The molecule has 3 aliphatic rings. The standard InChI is InChI=1S/C15H18O4/c1-7(2)9-4-5-10-12-11(18-15(10)16)6-8(3)14(19-17)13(9)12/h5-6,9,11-14,17H,1,4H2,2-3H3/t9-,11+,12+,13+,14+/m1/s1. The summed E-state index contributed by atoms with van der Waals surface area (Å²) >= 11 is 0. The summed E-state index contributed by atoms with van der Waals surface area (Å²) in [6.07, 6.45) is 3.99. The highest BCUT2D eigenvalue weighted by Crippen LogP contribution is 2.50. The van der Waals surface area contributed by atoms with Crippen molar-refractivity contribution in [3.63, 3.8) is 0 Å². The molecule has 1 aliphatic heterocycles. The van der Waals surface area contributed by atoms with Crippen molar-refractivity contribution in [3.05, 3.63) is 35.5 Å². The molecule has 1 saturated heterocycles. The van der Waals surface area contributed by atoms with Gasteiger partial charge in [0.25, 0.3) is 0 Å². The third-order valence-electron chi connectivity index (χ3n) is 4.63. The highest BCUT2D eigenvalue weighted by Gasteiger charge is 2.53. The van der Waals surface area contributed by atoms with Crippen LogP contribution in [0, 0.1) is 17.8 Å². The van der Waals surface area contributed by atoms with Gasteiger partial charge >= 0.3 is 5.97 Å². The SMILES string of the molecule is C=C(C)[C@H]1CC=C2C(=O)O[C@H]3C=C(C)[C@H](OO)[C@@H]1[C@@H]23. The van der Waals surface area contributed by atoms with Crippen LogP contribution in [0.25, 0.3) is 0 Å². The minimum absolute atomic E-state index is 0.0175. The van der Waals surface area contributed by atoms with Crippen LogP contribution in [0.3, 0.4) is 0 Å². The summed E-state index contributed by atoms with van der Waals surface area (Å²) in [5.41, 5.74) is 2.70. The van der Waals surface area contributed by atoms with E-state index < -0.39 is 0 Å². The van der Waals surface area contributed by atoms with Crippen molar-refractivity contribution in [1.82, 2.24) is 0 Å². The second-order valence-electron chi connectivity index (χ2n) is 5.76. The summed E-state index contributed by atoms with van der Waals surface area (Å²) in [7, 11) is 0. The molecule has 102 valence electrons. The van der Waals surface area contributed by atoms with Crippen molar-refractivity contribution in [2.45, 2.75) is 32.5 Å². The van der Waals surface area contributed by atoms with Crippen LogP contribution >= 0.6 is 0 Å². The number of allylic oxidation sites excluding steroid dienone is 2. The van der Waals surface area contributed by atoms with E-state index in [0.717, 1.165) is 23.1 Å². The maximum Gasteiger partial charge on any atom is 0.334 e. The topological polar surface area (TPSA) is 55.8 Å². The molecular weight excluding hydrogens is 244 g/mol. The molecule has 0 spiro atoms. The Hall–Kier alpha value is -1.39. The number of hydrogen-bond donors (Lipinski definition) is 1. The molecule has 1 fully saturated rings. The van der Waals surface area contributed by atoms with E-state index in [1.807, 2.05) is 26.0 Å². The highest BCUT2D eigenvalue weighted by molar-refractivity contribution is 5.92. The van der Waals surface area contributed by atoms with Crippen LogP contribution in [-0.2, 0) is 14.4 Å². The lowest BCUT2D eigenvalue weighted by Crippen LogP contribution is -2.45. The molecule has 0 aromatic carbocycles. The van der Waals surface area contributed by atoms with Crippen LogP contribution in [0.2, 0.25) is 0 Å². The fourth-order valence-electron chi connectivity index (χ4n) is 3.76. The molecule has 19 heavy (non-hydrogen) atoms. The molecule has 3 rings (SSSR count). The van der Waals surface area contributed by atoms with Crippen LogP contribution in [0.5, 0.6) is 0 Å². The molecule has 0 saturated carbocycles. The van der Waals surface area contributed by atoms with Crippen LogP contribution < -0.4 is 0 Å². The zero-order valence-electron chi connectivity index (χ0n) is 11.1. The van der Waals surface area contributed by atoms with E-state index in [1.54, 1.807) is 0 Å². The molecule has 0 aromatic rings. The molecule has 0 unspecified atom stereocenters. The maximum atomic E-state index is 11.9. The Labute approximate surface area is 112 Å². The van der Waals surface area contributed by atoms with E-state index in [-0.39, 0.29) is 35.9 Å². The first-order valence-electron chi connectivity index (χ1n) is 6.59. The Bertz CT molecular complexity index is 502. The first kappa shape index (κ1) is 12.6. The monoisotopic (exact) mass is 262 g/mol. The molecule has 1 heterocycles. The van der Waals surface area contributed by atoms with Gasteiger partial charge in [0.1, 0.15) is 12.2 Å². The maximum absolute atomic E-state index is 11.9. The van der Waals surface area contributed by atoms with Crippen molar-refractivity contribution < 1.29 is 19.7 Å². The van der Waals surface area contributed by atoms with E-state index in [1.165, 1.54) is 0 Å². The molecular formula is C15H18O4. The van der Waals surface area contributed by atoms with Gasteiger partial charge < -0.3 is 4.74 Å². The quantitative estimate of drug-likeness (QED) is 0.359. The van der Waals surface area contributed by atoms with E-state index in [4.69, 9.17) is 9.62 Å². The predicted molar refractivity (Wildman–Crippen MR) is 69.1 cm³/mol. The Morgan fingerprint density at radius 1 is 1.58 bits per heavy atom. The largest absolute Gasteiger partial charge is 0.454 e. The van der Waals surface area contributed by atoms with E-state index in [9.17, 15) is 10.1 Å². The lowest BCUT2D eigenvalue weighted by molar-refractivity contribution is -0.288. The molecule has 5 atom stereocenters. The minimum Gasteiger partial charge on any atom is -0.454 e. The van der Waals surface area contributed by atoms with Crippen molar-refractivity contribution in [2.24, 2.45) is 17.8 Å². The van der Waals surface area contributed by atoms with Crippen LogP contribution in [0.4, 0.5) is 0 Å². The normalized spacial score (nSPS) is 40.2. The molecule has 0 aromatic heterocycles. The van der Waals surface area contributed by atoms with Gasteiger partial charge in [0.2, 0.25) is 0 Å². The summed E-state index contributed by atoms with van der Waals surface area (Å²) in [6, 6.07) is 0. The molecule has 1 N–H and O–H groups in total. The number of esters is 1. The summed E-state index contributed by atoms with van der Waals surface area (Å²) < 4.78 is 5.42. The Morgan fingerprint density at radius 2 is 2.32 bits per heavy atom. The van der Waals surface area contributed by atoms with Crippen LogP contribution in [-0.4, -0.2) is 23.4 Å². The average Bonchev–Trinajstić information content (AvgIpc) is 2.67. The minimum atomic E-state index is -0.388. The van der Waals surface area contributed by atoms with Gasteiger partial charge in [-0.3, -0.25) is 5.26 Å². The molecule has 0 bridgehead atoms. The van der Waals surface area contributed by atoms with Gasteiger partial charge in [0.15, 0.2) is 0 Å². The van der Waals surface area contributed by atoms with E-state index in [2.05, 4.69) is 6.58 Å². The summed E-state index contributed by atoms with van der Waals surface area (Å²) in [5, 5.41) is 9.24. The second kappa shape index (κ2) is 4.32. The first-order valence-corrected chi connectivity index (χ1v) is 6.59. The van der Waals surface area contributed by atoms with Crippen molar-refractivity contribution in [1.29, 1.82) is 0 Å². The lowest BCUT2D eigenvalue weighted by atomic mass is 9.63. The number of hydrogen-bond acceptors (Lipinski definition) is 4. The van der Waals surface area contributed by atoms with Gasteiger partial charge in [-0.15, -0.1) is 0 Å². The molecule has 0 radical (unpaired) electrons. The van der Waals surface area contributed by atoms with Gasteiger partial charge in [-0.05, 0) is 37.8 Å². The average molecular weight is 262 g/mol. The van der Waals surface area contributed by atoms with E-state index in [0.29, 0.717) is 0 Å². The Balaban J connectivity index is 2.10. The molecule has 2 aliphatic carbocycles. The third-order valence-corrected chi connectivity index (χ3v) is 4.63. The van der Waals surface area contributed by atoms with Gasteiger partial charge in [-0.1, -0.05) is 18.2 Å². The first-order chi connectivity index (χ1) is 9.04. The van der Waals surface area contributed by atoms with Crippen LogP contribution in [0.1, 0.15) is 20.3 Å². The number of carbonyl (C=O) groups excluding carboxylic acids is 1. The lowest BCUT2D eigenvalue weighted by Gasteiger charge is -2.42.